The SMILES string of the molecule is CCOC(=O)Cn1cc(-c2ccccc2Cl)c2c(CC)ncnc21. The minimum atomic E-state index is -0.295. The Morgan fingerprint density at radius 2 is 2.00 bits per heavy atom. The highest BCUT2D eigenvalue weighted by Gasteiger charge is 2.18. The Balaban J connectivity index is 2.22. The maximum atomic E-state index is 11.9. The fourth-order valence-corrected chi connectivity index (χ4v) is 3.04. The van der Waals surface area contributed by atoms with Crippen LogP contribution < -0.4 is 0 Å². The molecule has 0 unspecified atom stereocenters. The van der Waals surface area contributed by atoms with Crippen LogP contribution in [0.2, 0.25) is 5.02 Å². The average molecular weight is 344 g/mol. The van der Waals surface area contributed by atoms with E-state index in [1.54, 1.807) is 11.5 Å². The lowest BCUT2D eigenvalue weighted by Crippen LogP contribution is -2.13. The van der Waals surface area contributed by atoms with E-state index in [-0.39, 0.29) is 12.5 Å². The Morgan fingerprint density at radius 1 is 1.21 bits per heavy atom. The molecule has 0 aliphatic rings. The summed E-state index contributed by atoms with van der Waals surface area (Å²) in [6, 6.07) is 7.63. The van der Waals surface area contributed by atoms with Gasteiger partial charge in [0.1, 0.15) is 18.5 Å². The van der Waals surface area contributed by atoms with Gasteiger partial charge in [-0.1, -0.05) is 36.7 Å². The maximum absolute atomic E-state index is 11.9. The first-order chi connectivity index (χ1) is 11.7. The quantitative estimate of drug-likeness (QED) is 0.660. The molecule has 0 aliphatic heterocycles. The lowest BCUT2D eigenvalue weighted by atomic mass is 10.0. The number of aromatic nitrogens is 3. The Hall–Kier alpha value is -2.40. The first kappa shape index (κ1) is 16.5. The maximum Gasteiger partial charge on any atom is 0.325 e. The molecule has 6 heteroatoms. The molecule has 0 saturated carbocycles. The highest BCUT2D eigenvalue weighted by atomic mass is 35.5. The summed E-state index contributed by atoms with van der Waals surface area (Å²) in [4.78, 5) is 20.7. The smallest absolute Gasteiger partial charge is 0.325 e. The Labute approximate surface area is 145 Å². The summed E-state index contributed by atoms with van der Waals surface area (Å²) in [7, 11) is 0. The second kappa shape index (κ2) is 7.01. The van der Waals surface area contributed by atoms with E-state index in [9.17, 15) is 4.79 Å². The minimum absolute atomic E-state index is 0.106. The van der Waals surface area contributed by atoms with E-state index in [1.807, 2.05) is 37.4 Å². The fourth-order valence-electron chi connectivity index (χ4n) is 2.80. The summed E-state index contributed by atoms with van der Waals surface area (Å²) in [5.41, 5.74) is 3.47. The van der Waals surface area contributed by atoms with Gasteiger partial charge in [-0.15, -0.1) is 0 Å². The number of esters is 1. The van der Waals surface area contributed by atoms with Crippen LogP contribution in [0.5, 0.6) is 0 Å². The van der Waals surface area contributed by atoms with E-state index in [0.717, 1.165) is 28.6 Å². The molecule has 0 radical (unpaired) electrons. The van der Waals surface area contributed by atoms with Crippen molar-refractivity contribution in [2.24, 2.45) is 0 Å². The second-order valence-corrected chi connectivity index (χ2v) is 5.74. The molecule has 0 atom stereocenters. The second-order valence-electron chi connectivity index (χ2n) is 5.33. The van der Waals surface area contributed by atoms with Crippen molar-refractivity contribution in [1.29, 1.82) is 0 Å². The molecule has 1 aromatic carbocycles. The van der Waals surface area contributed by atoms with E-state index in [4.69, 9.17) is 16.3 Å². The van der Waals surface area contributed by atoms with E-state index >= 15 is 0 Å². The summed E-state index contributed by atoms with van der Waals surface area (Å²) in [5.74, 6) is -0.295. The number of aryl methyl sites for hydroxylation is 1. The zero-order chi connectivity index (χ0) is 17.1. The zero-order valence-corrected chi connectivity index (χ0v) is 14.4. The van der Waals surface area contributed by atoms with Crippen LogP contribution in [0.3, 0.4) is 0 Å². The van der Waals surface area contributed by atoms with Crippen LogP contribution in [-0.4, -0.2) is 27.1 Å². The topological polar surface area (TPSA) is 57.0 Å². The third-order valence-corrected chi connectivity index (χ3v) is 4.17. The molecule has 3 aromatic rings. The number of rotatable bonds is 5. The summed E-state index contributed by atoms with van der Waals surface area (Å²) in [5, 5.41) is 1.58. The number of benzene rings is 1. The van der Waals surface area contributed by atoms with Crippen LogP contribution >= 0.6 is 11.6 Å². The molecule has 2 aromatic heterocycles. The average Bonchev–Trinajstić information content (AvgIpc) is 2.94. The normalized spacial score (nSPS) is 11.0. The summed E-state index contributed by atoms with van der Waals surface area (Å²) in [6.07, 6.45) is 4.19. The molecular weight excluding hydrogens is 326 g/mol. The van der Waals surface area contributed by atoms with Crippen molar-refractivity contribution in [1.82, 2.24) is 14.5 Å². The van der Waals surface area contributed by atoms with Crippen molar-refractivity contribution >= 4 is 28.6 Å². The lowest BCUT2D eigenvalue weighted by molar-refractivity contribution is -0.143. The van der Waals surface area contributed by atoms with Gasteiger partial charge in [0.15, 0.2) is 0 Å². The number of carbonyl (C=O) groups is 1. The van der Waals surface area contributed by atoms with Crippen LogP contribution in [0.1, 0.15) is 19.5 Å². The molecule has 3 rings (SSSR count). The number of hydrogen-bond acceptors (Lipinski definition) is 4. The van der Waals surface area contributed by atoms with Crippen LogP contribution in [-0.2, 0) is 22.5 Å². The molecule has 0 aliphatic carbocycles. The third-order valence-electron chi connectivity index (χ3n) is 3.84. The zero-order valence-electron chi connectivity index (χ0n) is 13.6. The third kappa shape index (κ3) is 2.99. The molecule has 0 N–H and O–H groups in total. The number of fused-ring (bicyclic) bond motifs is 1. The van der Waals surface area contributed by atoms with Gasteiger partial charge in [-0.25, -0.2) is 9.97 Å². The Bertz CT molecular complexity index is 889. The molecule has 0 fully saturated rings. The van der Waals surface area contributed by atoms with Crippen LogP contribution in [0.4, 0.5) is 0 Å². The van der Waals surface area contributed by atoms with E-state index < -0.39 is 0 Å². The summed E-state index contributed by atoms with van der Waals surface area (Å²) < 4.78 is 6.86. The van der Waals surface area contributed by atoms with Crippen molar-refractivity contribution in [3.8, 4) is 11.1 Å². The van der Waals surface area contributed by atoms with Gasteiger partial charge in [-0.2, -0.15) is 0 Å². The predicted molar refractivity (Wildman–Crippen MR) is 94.0 cm³/mol. The molecule has 0 amide bonds. The van der Waals surface area contributed by atoms with Crippen molar-refractivity contribution < 1.29 is 9.53 Å². The van der Waals surface area contributed by atoms with Crippen molar-refractivity contribution in [2.45, 2.75) is 26.8 Å². The number of halogens is 1. The van der Waals surface area contributed by atoms with E-state index in [0.29, 0.717) is 17.3 Å². The summed E-state index contributed by atoms with van der Waals surface area (Å²) in [6.45, 7) is 4.29. The Kier molecular flexibility index (Phi) is 4.81. The Morgan fingerprint density at radius 3 is 2.71 bits per heavy atom. The van der Waals surface area contributed by atoms with Gasteiger partial charge in [-0.05, 0) is 19.4 Å². The number of hydrogen-bond donors (Lipinski definition) is 0. The molecule has 2 heterocycles. The van der Waals surface area contributed by atoms with Crippen LogP contribution in [0.25, 0.3) is 22.2 Å². The van der Waals surface area contributed by atoms with Gasteiger partial charge in [0.2, 0.25) is 0 Å². The van der Waals surface area contributed by atoms with Gasteiger partial charge < -0.3 is 9.30 Å². The molecule has 0 bridgehead atoms. The highest BCUT2D eigenvalue weighted by Crippen LogP contribution is 2.35. The van der Waals surface area contributed by atoms with Crippen molar-refractivity contribution in [2.75, 3.05) is 6.61 Å². The first-order valence-electron chi connectivity index (χ1n) is 7.88. The molecule has 124 valence electrons. The first-order valence-corrected chi connectivity index (χ1v) is 8.26. The standard InChI is InChI=1S/C18H18ClN3O2/c1-3-15-17-13(12-7-5-6-8-14(12)19)9-22(10-16(23)24-4-2)18(17)21-11-20-15/h5-9,11H,3-4,10H2,1-2H3. The minimum Gasteiger partial charge on any atom is -0.465 e. The highest BCUT2D eigenvalue weighted by molar-refractivity contribution is 6.33. The molecule has 24 heavy (non-hydrogen) atoms. The van der Waals surface area contributed by atoms with Crippen molar-refractivity contribution in [3.63, 3.8) is 0 Å². The number of ether oxygens (including phenoxy) is 1. The van der Waals surface area contributed by atoms with Gasteiger partial charge in [0.05, 0.1) is 12.3 Å². The van der Waals surface area contributed by atoms with E-state index in [1.165, 1.54) is 6.33 Å². The molecule has 0 spiro atoms. The van der Waals surface area contributed by atoms with Gasteiger partial charge >= 0.3 is 5.97 Å². The van der Waals surface area contributed by atoms with Crippen LogP contribution in [0.15, 0.2) is 36.8 Å². The lowest BCUT2D eigenvalue weighted by Gasteiger charge is -2.05. The predicted octanol–water partition coefficient (Wildman–Crippen LogP) is 3.88. The number of carbonyl (C=O) groups excluding carboxylic acids is 1. The molecular formula is C18H18ClN3O2. The van der Waals surface area contributed by atoms with Gasteiger partial charge in [0.25, 0.3) is 0 Å². The molecule has 5 nitrogen and oxygen atoms in total. The largest absolute Gasteiger partial charge is 0.465 e. The monoisotopic (exact) mass is 343 g/mol. The molecule has 0 saturated heterocycles. The van der Waals surface area contributed by atoms with Crippen LogP contribution in [0, 0.1) is 0 Å². The number of nitrogens with zero attached hydrogens (tertiary/aromatic N) is 3. The summed E-state index contributed by atoms with van der Waals surface area (Å²) >= 11 is 6.38. The van der Waals surface area contributed by atoms with Gasteiger partial charge in [0, 0.05) is 27.7 Å². The fraction of sp³-hybridized carbons (Fsp3) is 0.278. The van der Waals surface area contributed by atoms with Gasteiger partial charge in [-0.3, -0.25) is 4.79 Å². The van der Waals surface area contributed by atoms with E-state index in [2.05, 4.69) is 9.97 Å². The van der Waals surface area contributed by atoms with Crippen molar-refractivity contribution in [3.05, 3.63) is 47.5 Å².